The van der Waals surface area contributed by atoms with Gasteiger partial charge >= 0.3 is 0 Å². The van der Waals surface area contributed by atoms with Crippen molar-refractivity contribution < 1.29 is 9.46 Å². The third-order valence-electron chi connectivity index (χ3n) is 1.82. The second-order valence-corrected chi connectivity index (χ2v) is 5.41. The molecule has 4 heteroatoms. The quantitative estimate of drug-likeness (QED) is 0.576. The molecule has 0 aliphatic heterocycles. The van der Waals surface area contributed by atoms with Crippen LogP contribution >= 0.6 is 7.37 Å². The van der Waals surface area contributed by atoms with Crippen molar-refractivity contribution in [2.45, 2.75) is 5.66 Å². The molecule has 0 spiro atoms. The van der Waals surface area contributed by atoms with Crippen molar-refractivity contribution in [3.05, 3.63) is 35.9 Å². The maximum absolute atomic E-state index is 11.4. The van der Waals surface area contributed by atoms with Crippen LogP contribution in [0.4, 0.5) is 0 Å². The Bertz CT molecular complexity index is 331. The fraction of sp³-hybridized carbons (Fsp3) is 0.222. The van der Waals surface area contributed by atoms with Crippen LogP contribution in [0.2, 0.25) is 0 Å². The normalized spacial score (nSPS) is 17.4. The lowest BCUT2D eigenvalue weighted by atomic mass is 10.2. The lowest BCUT2D eigenvalue weighted by Crippen LogP contribution is -1.99. The monoisotopic (exact) mass is 197 g/mol. The third kappa shape index (κ3) is 2.51. The van der Waals surface area contributed by atoms with E-state index in [0.29, 0.717) is 5.56 Å². The second kappa shape index (κ2) is 3.86. The van der Waals surface area contributed by atoms with E-state index in [9.17, 15) is 9.46 Å². The molecule has 0 radical (unpaired) electrons. The molecule has 3 nitrogen and oxygen atoms in total. The fourth-order valence-electron chi connectivity index (χ4n) is 1.16. The van der Waals surface area contributed by atoms with Gasteiger partial charge in [0.15, 0.2) is 0 Å². The molecule has 13 heavy (non-hydrogen) atoms. The third-order valence-corrected chi connectivity index (χ3v) is 3.29. The lowest BCUT2D eigenvalue weighted by molar-refractivity contribution is 0.481. The predicted octanol–water partition coefficient (Wildman–Crippen LogP) is 2.28. The van der Waals surface area contributed by atoms with Crippen LogP contribution in [0, 0.1) is 5.41 Å². The maximum Gasteiger partial charge on any atom is 0.210 e. The molecule has 0 fully saturated rings. The number of hydrogen-bond acceptors (Lipinski definition) is 2. The molecule has 0 heterocycles. The number of benzene rings is 1. The largest absolute Gasteiger partial charge is 0.344 e. The van der Waals surface area contributed by atoms with Crippen LogP contribution in [0.15, 0.2) is 30.3 Å². The molecule has 2 unspecified atom stereocenters. The first-order valence-electron chi connectivity index (χ1n) is 3.91. The molecule has 2 N–H and O–H groups in total. The van der Waals surface area contributed by atoms with Crippen LogP contribution in [-0.2, 0) is 4.57 Å². The van der Waals surface area contributed by atoms with E-state index in [2.05, 4.69) is 0 Å². The first-order valence-corrected chi connectivity index (χ1v) is 6.09. The van der Waals surface area contributed by atoms with Gasteiger partial charge in [-0.1, -0.05) is 30.3 Å². The summed E-state index contributed by atoms with van der Waals surface area (Å²) in [6.45, 7) is 1.27. The van der Waals surface area contributed by atoms with Gasteiger partial charge in [0.2, 0.25) is 7.37 Å². The molecule has 2 atom stereocenters. The van der Waals surface area contributed by atoms with Gasteiger partial charge in [-0.2, -0.15) is 0 Å². The Hall–Kier alpha value is -0.920. The summed E-state index contributed by atoms with van der Waals surface area (Å²) in [6.07, 6.45) is 1.02. The highest BCUT2D eigenvalue weighted by Gasteiger charge is 2.24. The summed E-state index contributed by atoms with van der Waals surface area (Å²) in [4.78, 5) is 9.34. The zero-order valence-electron chi connectivity index (χ0n) is 7.34. The van der Waals surface area contributed by atoms with E-state index in [1.165, 1.54) is 6.66 Å². The summed E-state index contributed by atoms with van der Waals surface area (Å²) in [7, 11) is -3.24. The van der Waals surface area contributed by atoms with Gasteiger partial charge in [0, 0.05) is 12.9 Å². The first-order chi connectivity index (χ1) is 6.05. The van der Waals surface area contributed by atoms with Crippen molar-refractivity contribution in [2.24, 2.45) is 0 Å². The van der Waals surface area contributed by atoms with Gasteiger partial charge in [0.25, 0.3) is 0 Å². The number of hydrogen-bond donors (Lipinski definition) is 2. The van der Waals surface area contributed by atoms with E-state index in [0.717, 1.165) is 6.21 Å². The molecular formula is C9H12NO2P. The van der Waals surface area contributed by atoms with Gasteiger partial charge < -0.3 is 10.3 Å². The SMILES string of the molecule is CP(=O)(O)C(C=N)c1ccccc1. The minimum absolute atomic E-state index is 0.673. The van der Waals surface area contributed by atoms with Gasteiger partial charge in [-0.25, -0.2) is 0 Å². The standard InChI is InChI=1S/C9H12NO2P/c1-13(11,12)9(7-10)8-5-3-2-4-6-8/h2-7,9-10H,1H3,(H,11,12). The Labute approximate surface area is 77.4 Å². The van der Waals surface area contributed by atoms with Crippen molar-refractivity contribution in [2.75, 3.05) is 6.66 Å². The van der Waals surface area contributed by atoms with Crippen LogP contribution in [-0.4, -0.2) is 17.8 Å². The zero-order valence-corrected chi connectivity index (χ0v) is 8.24. The van der Waals surface area contributed by atoms with Crippen LogP contribution in [0.25, 0.3) is 0 Å². The fourth-order valence-corrected chi connectivity index (χ4v) is 2.16. The maximum atomic E-state index is 11.4. The minimum atomic E-state index is -3.24. The number of nitrogens with one attached hydrogen (secondary N) is 1. The highest BCUT2D eigenvalue weighted by molar-refractivity contribution is 7.58. The number of rotatable bonds is 3. The molecule has 0 saturated carbocycles. The van der Waals surface area contributed by atoms with E-state index in [-0.39, 0.29) is 0 Å². The summed E-state index contributed by atoms with van der Waals surface area (Å²) in [6, 6.07) is 8.93. The van der Waals surface area contributed by atoms with Gasteiger partial charge in [-0.15, -0.1) is 0 Å². The Morgan fingerprint density at radius 2 is 2.00 bits per heavy atom. The highest BCUT2D eigenvalue weighted by Crippen LogP contribution is 2.50. The molecule has 0 aliphatic carbocycles. The summed E-state index contributed by atoms with van der Waals surface area (Å²) in [5.74, 6) is 0. The molecule has 0 amide bonds. The summed E-state index contributed by atoms with van der Waals surface area (Å²) < 4.78 is 11.4. The minimum Gasteiger partial charge on any atom is -0.344 e. The van der Waals surface area contributed by atoms with E-state index in [4.69, 9.17) is 5.41 Å². The predicted molar refractivity (Wildman–Crippen MR) is 53.7 cm³/mol. The Morgan fingerprint density at radius 1 is 1.46 bits per heavy atom. The summed E-state index contributed by atoms with van der Waals surface area (Å²) in [5, 5.41) is 7.10. The molecule has 0 bridgehead atoms. The molecule has 1 aromatic carbocycles. The Kier molecular flexibility index (Phi) is 3.02. The average molecular weight is 197 g/mol. The van der Waals surface area contributed by atoms with E-state index >= 15 is 0 Å². The molecule has 1 aromatic rings. The van der Waals surface area contributed by atoms with Crippen molar-refractivity contribution in [1.82, 2.24) is 0 Å². The summed E-state index contributed by atoms with van der Waals surface area (Å²) in [5.41, 5.74) is 0.0412. The van der Waals surface area contributed by atoms with E-state index in [1.807, 2.05) is 6.07 Å². The van der Waals surface area contributed by atoms with Crippen molar-refractivity contribution in [1.29, 1.82) is 5.41 Å². The molecule has 70 valence electrons. The molecule has 0 aliphatic rings. The van der Waals surface area contributed by atoms with Gasteiger partial charge in [0.1, 0.15) is 0 Å². The zero-order chi connectivity index (χ0) is 9.90. The van der Waals surface area contributed by atoms with Crippen molar-refractivity contribution >= 4 is 13.6 Å². The Balaban J connectivity index is 3.06. The average Bonchev–Trinajstić information content (AvgIpc) is 2.05. The van der Waals surface area contributed by atoms with Crippen molar-refractivity contribution in [3.63, 3.8) is 0 Å². The second-order valence-electron chi connectivity index (χ2n) is 2.97. The van der Waals surface area contributed by atoms with Crippen molar-refractivity contribution in [3.8, 4) is 0 Å². The van der Waals surface area contributed by atoms with Crippen LogP contribution in [0.5, 0.6) is 0 Å². The van der Waals surface area contributed by atoms with E-state index in [1.54, 1.807) is 24.3 Å². The smallest absolute Gasteiger partial charge is 0.210 e. The van der Waals surface area contributed by atoms with Gasteiger partial charge in [0.05, 0.1) is 5.66 Å². The lowest BCUT2D eigenvalue weighted by Gasteiger charge is -2.14. The van der Waals surface area contributed by atoms with Gasteiger partial charge in [-0.05, 0) is 5.56 Å². The highest BCUT2D eigenvalue weighted by atomic mass is 31.2. The molecule has 0 aromatic heterocycles. The van der Waals surface area contributed by atoms with Crippen LogP contribution in [0.1, 0.15) is 11.2 Å². The topological polar surface area (TPSA) is 61.1 Å². The van der Waals surface area contributed by atoms with Crippen LogP contribution in [0.3, 0.4) is 0 Å². The molecule has 0 saturated heterocycles. The van der Waals surface area contributed by atoms with E-state index < -0.39 is 13.0 Å². The molecular weight excluding hydrogens is 185 g/mol. The van der Waals surface area contributed by atoms with Gasteiger partial charge in [-0.3, -0.25) is 4.57 Å². The molecule has 1 rings (SSSR count). The van der Waals surface area contributed by atoms with Crippen LogP contribution < -0.4 is 0 Å². The summed E-state index contributed by atoms with van der Waals surface area (Å²) >= 11 is 0. The first kappa shape index (κ1) is 10.2. The Morgan fingerprint density at radius 3 is 2.38 bits per heavy atom.